The molecule has 0 saturated carbocycles. The zero-order chi connectivity index (χ0) is 3.54. The molecular formula is C2H6BNOP. The summed E-state index contributed by atoms with van der Waals surface area (Å²) >= 11 is 0. The van der Waals surface area contributed by atoms with Crippen molar-refractivity contribution in [1.82, 2.24) is 5.25 Å². The van der Waals surface area contributed by atoms with Gasteiger partial charge in [0.15, 0.2) is 0 Å². The van der Waals surface area contributed by atoms with Gasteiger partial charge in [-0.1, -0.05) is 0 Å². The van der Waals surface area contributed by atoms with E-state index in [1.54, 1.807) is 0 Å². The lowest BCUT2D eigenvalue weighted by Crippen LogP contribution is -1.90. The topological polar surface area (TPSA) is 21.3 Å². The van der Waals surface area contributed by atoms with Gasteiger partial charge in [-0.05, 0) is 8.73 Å². The summed E-state index contributed by atoms with van der Waals surface area (Å²) in [7, 11) is 0.836. The number of rotatable bonds is 0. The first-order valence-corrected chi connectivity index (χ1v) is 2.80. The maximum Gasteiger partial charge on any atom is 0.0735 e. The van der Waals surface area contributed by atoms with Crippen LogP contribution in [0.3, 0.4) is 0 Å². The van der Waals surface area contributed by atoms with Gasteiger partial charge in [-0.2, -0.15) is 5.25 Å². The SMILES string of the molecule is C1CPNO1.[B]. The van der Waals surface area contributed by atoms with E-state index in [1.807, 2.05) is 0 Å². The molecule has 0 bridgehead atoms. The monoisotopic (exact) mass is 102 g/mol. The van der Waals surface area contributed by atoms with E-state index in [2.05, 4.69) is 5.25 Å². The van der Waals surface area contributed by atoms with Crippen molar-refractivity contribution in [2.24, 2.45) is 0 Å². The maximum absolute atomic E-state index is 4.71. The number of hydrogen-bond acceptors (Lipinski definition) is 2. The second kappa shape index (κ2) is 3.60. The van der Waals surface area contributed by atoms with Crippen LogP contribution in [0.2, 0.25) is 0 Å². The van der Waals surface area contributed by atoms with E-state index in [4.69, 9.17) is 4.84 Å². The Hall–Kier alpha value is 0.415. The fraction of sp³-hybridized carbons (Fsp3) is 1.00. The van der Waals surface area contributed by atoms with Crippen LogP contribution in [0.5, 0.6) is 0 Å². The van der Waals surface area contributed by atoms with E-state index >= 15 is 0 Å². The van der Waals surface area contributed by atoms with Crippen molar-refractivity contribution < 1.29 is 4.84 Å². The van der Waals surface area contributed by atoms with Gasteiger partial charge in [-0.15, -0.1) is 0 Å². The van der Waals surface area contributed by atoms with Gasteiger partial charge in [0.1, 0.15) is 0 Å². The summed E-state index contributed by atoms with van der Waals surface area (Å²) < 4.78 is 0. The first-order valence-electron chi connectivity index (χ1n) is 1.60. The van der Waals surface area contributed by atoms with E-state index in [-0.39, 0.29) is 8.41 Å². The molecule has 0 aromatic rings. The van der Waals surface area contributed by atoms with Crippen LogP contribution in [0, 0.1) is 0 Å². The summed E-state index contributed by atoms with van der Waals surface area (Å²) in [5.41, 5.74) is 0. The molecule has 1 heterocycles. The van der Waals surface area contributed by atoms with E-state index in [0.717, 1.165) is 15.3 Å². The minimum absolute atomic E-state index is 0. The Morgan fingerprint density at radius 1 is 1.67 bits per heavy atom. The first kappa shape index (κ1) is 6.41. The van der Waals surface area contributed by atoms with Crippen LogP contribution in [-0.2, 0) is 4.84 Å². The molecule has 0 aromatic carbocycles. The molecule has 1 fully saturated rings. The smallest absolute Gasteiger partial charge is 0.0735 e. The molecule has 2 nitrogen and oxygen atoms in total. The second-order valence-corrected chi connectivity index (χ2v) is 1.93. The van der Waals surface area contributed by atoms with Gasteiger partial charge in [-0.25, -0.2) is 0 Å². The minimum Gasteiger partial charge on any atom is -0.298 e. The molecule has 1 saturated heterocycles. The Labute approximate surface area is 41.0 Å². The highest BCUT2D eigenvalue weighted by atomic mass is 31.1. The molecule has 1 unspecified atom stereocenters. The van der Waals surface area contributed by atoms with Crippen LogP contribution >= 0.6 is 8.73 Å². The molecule has 1 atom stereocenters. The van der Waals surface area contributed by atoms with E-state index in [0.29, 0.717) is 0 Å². The van der Waals surface area contributed by atoms with Crippen molar-refractivity contribution >= 4 is 17.1 Å². The third kappa shape index (κ3) is 1.76. The van der Waals surface area contributed by atoms with Gasteiger partial charge in [0.25, 0.3) is 0 Å². The Morgan fingerprint density at radius 3 is 2.67 bits per heavy atom. The molecule has 1 aliphatic heterocycles. The average molecular weight is 102 g/mol. The second-order valence-electron chi connectivity index (χ2n) is 0.877. The first-order chi connectivity index (χ1) is 2.50. The molecule has 6 heavy (non-hydrogen) atoms. The van der Waals surface area contributed by atoms with Crippen LogP contribution in [0.25, 0.3) is 0 Å². The lowest BCUT2D eigenvalue weighted by molar-refractivity contribution is 0.132. The third-order valence-corrected chi connectivity index (χ3v) is 1.22. The van der Waals surface area contributed by atoms with Gasteiger partial charge in [-0.3, -0.25) is 4.84 Å². The van der Waals surface area contributed by atoms with Gasteiger partial charge in [0.2, 0.25) is 0 Å². The summed E-state index contributed by atoms with van der Waals surface area (Å²) in [5.74, 6) is 0. The van der Waals surface area contributed by atoms with Crippen molar-refractivity contribution in [3.63, 3.8) is 0 Å². The largest absolute Gasteiger partial charge is 0.298 e. The molecule has 0 spiro atoms. The summed E-state index contributed by atoms with van der Waals surface area (Å²) in [5, 5.41) is 2.75. The molecule has 1 aliphatic rings. The van der Waals surface area contributed by atoms with Crippen molar-refractivity contribution in [1.29, 1.82) is 0 Å². The van der Waals surface area contributed by atoms with Crippen LogP contribution < -0.4 is 5.25 Å². The highest BCUT2D eigenvalue weighted by Gasteiger charge is 1.93. The Bertz CT molecular complexity index is 25.1. The highest BCUT2D eigenvalue weighted by Crippen LogP contribution is 2.07. The lowest BCUT2D eigenvalue weighted by atomic mass is 10.8. The summed E-state index contributed by atoms with van der Waals surface area (Å²) in [6.07, 6.45) is 1.19. The zero-order valence-corrected chi connectivity index (χ0v) is 4.40. The van der Waals surface area contributed by atoms with Gasteiger partial charge >= 0.3 is 0 Å². The van der Waals surface area contributed by atoms with E-state index in [1.165, 1.54) is 6.16 Å². The predicted octanol–water partition coefficient (Wildman–Crippen LogP) is -0.266. The van der Waals surface area contributed by atoms with Gasteiger partial charge in [0, 0.05) is 14.6 Å². The summed E-state index contributed by atoms with van der Waals surface area (Å²) in [4.78, 5) is 4.71. The highest BCUT2D eigenvalue weighted by molar-refractivity contribution is 7.35. The fourth-order valence-electron chi connectivity index (χ4n) is 0.255. The van der Waals surface area contributed by atoms with E-state index < -0.39 is 0 Å². The lowest BCUT2D eigenvalue weighted by Gasteiger charge is -1.79. The maximum atomic E-state index is 4.71. The van der Waals surface area contributed by atoms with Crippen LogP contribution in [0.15, 0.2) is 0 Å². The molecule has 33 valence electrons. The molecule has 3 radical (unpaired) electrons. The minimum atomic E-state index is 0. The average Bonchev–Trinajstić information content (AvgIpc) is 1.76. The van der Waals surface area contributed by atoms with Crippen LogP contribution in [0.4, 0.5) is 0 Å². The Morgan fingerprint density at radius 2 is 2.50 bits per heavy atom. The van der Waals surface area contributed by atoms with Crippen molar-refractivity contribution in [2.75, 3.05) is 12.8 Å². The van der Waals surface area contributed by atoms with Crippen molar-refractivity contribution in [3.8, 4) is 0 Å². The molecule has 4 heteroatoms. The molecule has 0 aliphatic carbocycles. The molecule has 1 N–H and O–H groups in total. The summed E-state index contributed by atoms with van der Waals surface area (Å²) in [6, 6.07) is 0. The normalized spacial score (nSPS) is 24.0. The standard InChI is InChI=1S/C2H6NOP.B/c1-2-5-3-4-1;/h3,5H,1-2H2;. The fourth-order valence-corrected chi connectivity index (χ4v) is 0.765. The van der Waals surface area contributed by atoms with Gasteiger partial charge < -0.3 is 0 Å². The summed E-state index contributed by atoms with van der Waals surface area (Å²) in [6.45, 7) is 0.901. The quantitative estimate of drug-likeness (QED) is 0.335. The molecule has 0 aromatic heterocycles. The molecular weight excluding hydrogens is 95.8 g/mol. The third-order valence-electron chi connectivity index (χ3n) is 0.473. The Balaban J connectivity index is 0.000000250. The zero-order valence-electron chi connectivity index (χ0n) is 3.40. The molecule has 1 rings (SSSR count). The number of hydrogen-bond donors (Lipinski definition) is 1. The van der Waals surface area contributed by atoms with Crippen LogP contribution in [-0.4, -0.2) is 21.2 Å². The van der Waals surface area contributed by atoms with Crippen molar-refractivity contribution in [3.05, 3.63) is 0 Å². The van der Waals surface area contributed by atoms with Crippen LogP contribution in [0.1, 0.15) is 0 Å². The van der Waals surface area contributed by atoms with E-state index in [9.17, 15) is 0 Å². The molecule has 0 amide bonds. The number of nitrogens with one attached hydrogen (secondary N) is 1. The van der Waals surface area contributed by atoms with Gasteiger partial charge in [0.05, 0.1) is 6.61 Å². The Kier molecular flexibility index (Phi) is 3.85. The predicted molar refractivity (Wildman–Crippen MR) is 28.0 cm³/mol. The van der Waals surface area contributed by atoms with Crippen molar-refractivity contribution in [2.45, 2.75) is 0 Å².